The van der Waals surface area contributed by atoms with Gasteiger partial charge in [0.1, 0.15) is 0 Å². The molecule has 0 aromatic heterocycles. The molecular formula is C13H27N3O2. The van der Waals surface area contributed by atoms with Gasteiger partial charge < -0.3 is 15.4 Å². The lowest BCUT2D eigenvalue weighted by Gasteiger charge is -2.14. The zero-order chi connectivity index (χ0) is 13.8. The normalized spacial score (nSPS) is 13.0. The first-order chi connectivity index (χ1) is 8.65. The maximum Gasteiger partial charge on any atom is 0.310 e. The van der Waals surface area contributed by atoms with Crippen molar-refractivity contribution in [2.45, 2.75) is 39.5 Å². The second-order valence-electron chi connectivity index (χ2n) is 4.36. The number of methoxy groups -OCH3 is 1. The molecule has 1 unspecified atom stereocenters. The molecule has 0 amide bonds. The van der Waals surface area contributed by atoms with Crippen molar-refractivity contribution in [1.29, 1.82) is 0 Å². The molecule has 0 rings (SSSR count). The molecule has 5 heteroatoms. The van der Waals surface area contributed by atoms with Gasteiger partial charge in [-0.05, 0) is 6.42 Å². The zero-order valence-corrected chi connectivity index (χ0v) is 12.1. The third-order valence-electron chi connectivity index (χ3n) is 2.73. The number of guanidine groups is 1. The van der Waals surface area contributed by atoms with Crippen LogP contribution in [0.25, 0.3) is 0 Å². The second-order valence-corrected chi connectivity index (χ2v) is 4.36. The molecule has 106 valence electrons. The minimum absolute atomic E-state index is 0.173. The predicted octanol–water partition coefficient (Wildman–Crippen LogP) is 1.54. The maximum atomic E-state index is 11.2. The van der Waals surface area contributed by atoms with Crippen molar-refractivity contribution in [2.24, 2.45) is 10.9 Å². The summed E-state index contributed by atoms with van der Waals surface area (Å²) < 4.78 is 4.66. The van der Waals surface area contributed by atoms with Crippen molar-refractivity contribution >= 4 is 11.9 Å². The average molecular weight is 257 g/mol. The predicted molar refractivity (Wildman–Crippen MR) is 74.7 cm³/mol. The van der Waals surface area contributed by atoms with Gasteiger partial charge >= 0.3 is 5.97 Å². The van der Waals surface area contributed by atoms with E-state index in [1.807, 2.05) is 6.92 Å². The molecule has 0 aliphatic rings. The van der Waals surface area contributed by atoms with E-state index in [0.29, 0.717) is 6.54 Å². The summed E-state index contributed by atoms with van der Waals surface area (Å²) in [6.07, 6.45) is 4.89. The second kappa shape index (κ2) is 10.9. The summed E-state index contributed by atoms with van der Waals surface area (Å²) in [4.78, 5) is 15.3. The molecule has 5 nitrogen and oxygen atoms in total. The Balaban J connectivity index is 3.74. The third kappa shape index (κ3) is 7.92. The highest BCUT2D eigenvalue weighted by atomic mass is 16.5. The standard InChI is InChI=1S/C13H27N3O2/c1-5-6-7-8-9-15-13(14-3)16-10-11(2)12(17)18-4/h11H,5-10H2,1-4H3,(H2,14,15,16). The van der Waals surface area contributed by atoms with Gasteiger partial charge in [-0.1, -0.05) is 33.1 Å². The molecule has 0 saturated carbocycles. The molecule has 0 aromatic carbocycles. The van der Waals surface area contributed by atoms with E-state index in [4.69, 9.17) is 0 Å². The molecule has 2 N–H and O–H groups in total. The number of rotatable bonds is 8. The number of ether oxygens (including phenoxy) is 1. The van der Waals surface area contributed by atoms with Crippen LogP contribution in [0.1, 0.15) is 39.5 Å². The van der Waals surface area contributed by atoms with Crippen LogP contribution in [0.2, 0.25) is 0 Å². The number of aliphatic imine (C=N–C) groups is 1. The van der Waals surface area contributed by atoms with Gasteiger partial charge in [0.05, 0.1) is 13.0 Å². The highest BCUT2D eigenvalue weighted by Gasteiger charge is 2.12. The highest BCUT2D eigenvalue weighted by Crippen LogP contribution is 1.97. The summed E-state index contributed by atoms with van der Waals surface area (Å²) in [6, 6.07) is 0. The monoisotopic (exact) mass is 257 g/mol. The van der Waals surface area contributed by atoms with Crippen LogP contribution >= 0.6 is 0 Å². The van der Waals surface area contributed by atoms with Crippen LogP contribution in [0.15, 0.2) is 4.99 Å². The van der Waals surface area contributed by atoms with Gasteiger partial charge in [0.15, 0.2) is 5.96 Å². The van der Waals surface area contributed by atoms with E-state index in [-0.39, 0.29) is 11.9 Å². The first-order valence-electron chi connectivity index (χ1n) is 6.68. The van der Waals surface area contributed by atoms with Crippen LogP contribution in [0.3, 0.4) is 0 Å². The van der Waals surface area contributed by atoms with Gasteiger partial charge in [0.25, 0.3) is 0 Å². The first kappa shape index (κ1) is 16.7. The Morgan fingerprint density at radius 2 is 2.00 bits per heavy atom. The van der Waals surface area contributed by atoms with Crippen molar-refractivity contribution in [3.05, 3.63) is 0 Å². The van der Waals surface area contributed by atoms with Crippen LogP contribution < -0.4 is 10.6 Å². The van der Waals surface area contributed by atoms with E-state index in [2.05, 4.69) is 27.3 Å². The van der Waals surface area contributed by atoms with Gasteiger partial charge in [0, 0.05) is 20.1 Å². The SMILES string of the molecule is CCCCCCNC(=NC)NCC(C)C(=O)OC. The number of carbonyl (C=O) groups excluding carboxylic acids is 1. The van der Waals surface area contributed by atoms with Crippen LogP contribution in [-0.4, -0.2) is 39.2 Å². The van der Waals surface area contributed by atoms with Crippen molar-refractivity contribution < 1.29 is 9.53 Å². The zero-order valence-electron chi connectivity index (χ0n) is 12.1. The molecule has 0 aromatic rings. The molecule has 0 spiro atoms. The Hall–Kier alpha value is -1.26. The summed E-state index contributed by atoms with van der Waals surface area (Å²) in [5, 5.41) is 6.34. The summed E-state index contributed by atoms with van der Waals surface area (Å²) in [7, 11) is 3.13. The largest absolute Gasteiger partial charge is 0.469 e. The van der Waals surface area contributed by atoms with Gasteiger partial charge in [-0.2, -0.15) is 0 Å². The van der Waals surface area contributed by atoms with E-state index in [0.717, 1.165) is 18.9 Å². The maximum absolute atomic E-state index is 11.2. The quantitative estimate of drug-likeness (QED) is 0.300. The third-order valence-corrected chi connectivity index (χ3v) is 2.73. The molecule has 1 atom stereocenters. The van der Waals surface area contributed by atoms with E-state index in [9.17, 15) is 4.79 Å². The van der Waals surface area contributed by atoms with Gasteiger partial charge in [0.2, 0.25) is 0 Å². The van der Waals surface area contributed by atoms with Gasteiger partial charge in [-0.15, -0.1) is 0 Å². The number of esters is 1. The smallest absolute Gasteiger partial charge is 0.310 e. The molecule has 0 aliphatic carbocycles. The molecule has 0 aliphatic heterocycles. The fourth-order valence-electron chi connectivity index (χ4n) is 1.51. The van der Waals surface area contributed by atoms with E-state index in [1.54, 1.807) is 7.05 Å². The lowest BCUT2D eigenvalue weighted by Crippen LogP contribution is -2.41. The molecule has 0 radical (unpaired) electrons. The van der Waals surface area contributed by atoms with Crippen molar-refractivity contribution in [3.63, 3.8) is 0 Å². The molecule has 0 heterocycles. The van der Waals surface area contributed by atoms with Crippen molar-refractivity contribution in [3.8, 4) is 0 Å². The summed E-state index contributed by atoms with van der Waals surface area (Å²) >= 11 is 0. The summed E-state index contributed by atoms with van der Waals surface area (Å²) in [6.45, 7) is 5.46. The number of hydrogen-bond acceptors (Lipinski definition) is 3. The van der Waals surface area contributed by atoms with Crippen LogP contribution in [-0.2, 0) is 9.53 Å². The molecule has 0 saturated heterocycles. The number of unbranched alkanes of at least 4 members (excludes halogenated alkanes) is 3. The summed E-state index contributed by atoms with van der Waals surface area (Å²) in [5.41, 5.74) is 0. The van der Waals surface area contributed by atoms with E-state index >= 15 is 0 Å². The number of nitrogens with zero attached hydrogens (tertiary/aromatic N) is 1. The number of carbonyl (C=O) groups is 1. The average Bonchev–Trinajstić information content (AvgIpc) is 2.40. The Morgan fingerprint density at radius 3 is 2.56 bits per heavy atom. The number of hydrogen-bond donors (Lipinski definition) is 2. The van der Waals surface area contributed by atoms with Crippen LogP contribution in [0, 0.1) is 5.92 Å². The van der Waals surface area contributed by atoms with Crippen LogP contribution in [0.5, 0.6) is 0 Å². The van der Waals surface area contributed by atoms with Crippen molar-refractivity contribution in [1.82, 2.24) is 10.6 Å². The Kier molecular flexibility index (Phi) is 10.1. The Labute approximate surface area is 110 Å². The van der Waals surface area contributed by atoms with Crippen molar-refractivity contribution in [2.75, 3.05) is 27.2 Å². The fourth-order valence-corrected chi connectivity index (χ4v) is 1.51. The first-order valence-corrected chi connectivity index (χ1v) is 6.68. The fraction of sp³-hybridized carbons (Fsp3) is 0.846. The Bertz CT molecular complexity index is 255. The lowest BCUT2D eigenvalue weighted by atomic mass is 10.2. The van der Waals surface area contributed by atoms with E-state index in [1.165, 1.54) is 26.4 Å². The van der Waals surface area contributed by atoms with E-state index < -0.39 is 0 Å². The van der Waals surface area contributed by atoms with Gasteiger partial charge in [-0.25, -0.2) is 0 Å². The minimum atomic E-state index is -0.208. The molecule has 0 fully saturated rings. The highest BCUT2D eigenvalue weighted by molar-refractivity contribution is 5.80. The summed E-state index contributed by atoms with van der Waals surface area (Å²) in [5.74, 6) is 0.358. The molecular weight excluding hydrogens is 230 g/mol. The lowest BCUT2D eigenvalue weighted by molar-refractivity contribution is -0.144. The van der Waals surface area contributed by atoms with Gasteiger partial charge in [-0.3, -0.25) is 9.79 Å². The van der Waals surface area contributed by atoms with Crippen LogP contribution in [0.4, 0.5) is 0 Å². The Morgan fingerprint density at radius 1 is 1.28 bits per heavy atom. The minimum Gasteiger partial charge on any atom is -0.469 e. The molecule has 0 bridgehead atoms. The topological polar surface area (TPSA) is 62.7 Å². The number of nitrogens with one attached hydrogen (secondary N) is 2. The molecule has 18 heavy (non-hydrogen) atoms.